The summed E-state index contributed by atoms with van der Waals surface area (Å²) >= 11 is 3.35. The molecule has 0 saturated carbocycles. The van der Waals surface area contributed by atoms with Gasteiger partial charge < -0.3 is 10.7 Å². The number of rotatable bonds is 3. The van der Waals surface area contributed by atoms with Gasteiger partial charge in [-0.3, -0.25) is 4.79 Å². The van der Waals surface area contributed by atoms with Gasteiger partial charge in [0.05, 0.1) is 4.47 Å². The molecule has 3 nitrogen and oxygen atoms in total. The summed E-state index contributed by atoms with van der Waals surface area (Å²) in [6.45, 7) is 6.43. The van der Waals surface area contributed by atoms with Gasteiger partial charge in [-0.25, -0.2) is 0 Å². The summed E-state index contributed by atoms with van der Waals surface area (Å²) in [5.74, 6) is -0.453. The highest BCUT2D eigenvalue weighted by molar-refractivity contribution is 9.10. The van der Waals surface area contributed by atoms with Gasteiger partial charge in [-0.2, -0.15) is 0 Å². The number of H-pyrrole nitrogens is 1. The predicted octanol–water partition coefficient (Wildman–Crippen LogP) is 4.53. The summed E-state index contributed by atoms with van der Waals surface area (Å²) in [6.07, 6.45) is 4.08. The molecule has 3 N–H and O–H groups in total. The SMILES string of the molecule is CCCCC.Cc1ccc2[nH]c(C(N)=O)c(Br)c2c1. The fraction of sp³-hybridized carbons (Fsp3) is 0.400. The van der Waals surface area contributed by atoms with E-state index >= 15 is 0 Å². The first kappa shape index (κ1) is 15.8. The zero-order chi connectivity index (χ0) is 14.4. The Hall–Kier alpha value is -1.29. The Bertz CT molecular complexity index is 559. The zero-order valence-corrected chi connectivity index (χ0v) is 13.3. The van der Waals surface area contributed by atoms with E-state index in [-0.39, 0.29) is 0 Å². The summed E-state index contributed by atoms with van der Waals surface area (Å²) < 4.78 is 0.740. The number of carbonyl (C=O) groups excluding carboxylic acids is 1. The number of nitrogens with one attached hydrogen (secondary N) is 1. The number of primary amides is 1. The van der Waals surface area contributed by atoms with Gasteiger partial charge in [0, 0.05) is 10.9 Å². The van der Waals surface area contributed by atoms with Crippen molar-refractivity contribution in [3.05, 3.63) is 33.9 Å². The van der Waals surface area contributed by atoms with Gasteiger partial charge in [0.15, 0.2) is 0 Å². The number of benzene rings is 1. The van der Waals surface area contributed by atoms with E-state index < -0.39 is 5.91 Å². The van der Waals surface area contributed by atoms with Crippen molar-refractivity contribution in [1.29, 1.82) is 0 Å². The monoisotopic (exact) mass is 324 g/mol. The van der Waals surface area contributed by atoms with Crippen LogP contribution in [0, 0.1) is 6.92 Å². The Kier molecular flexibility index (Phi) is 6.09. The van der Waals surface area contributed by atoms with Gasteiger partial charge in [-0.15, -0.1) is 0 Å². The molecule has 1 aromatic carbocycles. The lowest BCUT2D eigenvalue weighted by molar-refractivity contribution is 0.0995. The van der Waals surface area contributed by atoms with E-state index in [9.17, 15) is 4.79 Å². The highest BCUT2D eigenvalue weighted by atomic mass is 79.9. The number of fused-ring (bicyclic) bond motifs is 1. The molecule has 104 valence electrons. The third kappa shape index (κ3) is 4.10. The molecule has 4 heteroatoms. The molecule has 2 rings (SSSR count). The maximum atomic E-state index is 11.0. The van der Waals surface area contributed by atoms with Crippen molar-refractivity contribution in [3.8, 4) is 0 Å². The number of aromatic nitrogens is 1. The second-order valence-electron chi connectivity index (χ2n) is 4.58. The minimum atomic E-state index is -0.453. The van der Waals surface area contributed by atoms with Crippen LogP contribution in [-0.4, -0.2) is 10.9 Å². The van der Waals surface area contributed by atoms with Crippen LogP contribution in [0.5, 0.6) is 0 Å². The molecule has 0 aliphatic carbocycles. The van der Waals surface area contributed by atoms with Crippen LogP contribution in [0.2, 0.25) is 0 Å². The average molecular weight is 325 g/mol. The second kappa shape index (κ2) is 7.34. The first-order valence-electron chi connectivity index (χ1n) is 6.58. The fourth-order valence-corrected chi connectivity index (χ4v) is 2.42. The molecular weight excluding hydrogens is 304 g/mol. The third-order valence-corrected chi connectivity index (χ3v) is 3.67. The summed E-state index contributed by atoms with van der Waals surface area (Å²) in [4.78, 5) is 14.0. The second-order valence-corrected chi connectivity index (χ2v) is 5.37. The molecule has 0 atom stereocenters. The van der Waals surface area contributed by atoms with Crippen LogP contribution in [0.1, 0.15) is 49.2 Å². The topological polar surface area (TPSA) is 58.9 Å². The summed E-state index contributed by atoms with van der Waals surface area (Å²) in [7, 11) is 0. The maximum absolute atomic E-state index is 11.0. The highest BCUT2D eigenvalue weighted by Crippen LogP contribution is 2.28. The van der Waals surface area contributed by atoms with Gasteiger partial charge in [0.25, 0.3) is 5.91 Å². The van der Waals surface area contributed by atoms with E-state index in [0.29, 0.717) is 5.69 Å². The van der Waals surface area contributed by atoms with E-state index in [1.165, 1.54) is 19.3 Å². The molecule has 1 heterocycles. The van der Waals surface area contributed by atoms with Crippen LogP contribution >= 0.6 is 15.9 Å². The highest BCUT2D eigenvalue weighted by Gasteiger charge is 2.12. The van der Waals surface area contributed by atoms with Gasteiger partial charge in [-0.1, -0.05) is 44.7 Å². The van der Waals surface area contributed by atoms with Crippen LogP contribution in [0.25, 0.3) is 10.9 Å². The molecule has 0 radical (unpaired) electrons. The predicted molar refractivity (Wildman–Crippen MR) is 84.5 cm³/mol. The van der Waals surface area contributed by atoms with E-state index in [4.69, 9.17) is 5.73 Å². The average Bonchev–Trinajstić information content (AvgIpc) is 2.69. The first-order chi connectivity index (χ1) is 9.01. The Morgan fingerprint density at radius 2 is 1.95 bits per heavy atom. The van der Waals surface area contributed by atoms with Crippen molar-refractivity contribution in [2.75, 3.05) is 0 Å². The number of halogens is 1. The molecule has 0 saturated heterocycles. The zero-order valence-electron chi connectivity index (χ0n) is 11.7. The number of hydrogen-bond donors (Lipinski definition) is 2. The van der Waals surface area contributed by atoms with Gasteiger partial charge in [0.2, 0.25) is 0 Å². The maximum Gasteiger partial charge on any atom is 0.266 e. The lowest BCUT2D eigenvalue weighted by Crippen LogP contribution is -2.11. The fourth-order valence-electron chi connectivity index (χ4n) is 1.80. The van der Waals surface area contributed by atoms with Crippen LogP contribution < -0.4 is 5.73 Å². The molecular formula is C15H21BrN2O. The molecule has 1 aromatic heterocycles. The molecule has 2 aromatic rings. The summed E-state index contributed by atoms with van der Waals surface area (Å²) in [6, 6.07) is 5.92. The van der Waals surface area contributed by atoms with E-state index in [1.807, 2.05) is 25.1 Å². The Labute approximate surface area is 122 Å². The number of unbranched alkanes of at least 4 members (excludes halogenated alkanes) is 2. The van der Waals surface area contributed by atoms with Crippen LogP contribution in [0.15, 0.2) is 22.7 Å². The minimum Gasteiger partial charge on any atom is -0.364 e. The molecule has 0 fully saturated rings. The Morgan fingerprint density at radius 3 is 2.42 bits per heavy atom. The Morgan fingerprint density at radius 1 is 1.32 bits per heavy atom. The van der Waals surface area contributed by atoms with E-state index in [1.54, 1.807) is 0 Å². The van der Waals surface area contributed by atoms with Crippen molar-refractivity contribution in [3.63, 3.8) is 0 Å². The summed E-state index contributed by atoms with van der Waals surface area (Å²) in [5.41, 5.74) is 7.70. The number of hydrogen-bond acceptors (Lipinski definition) is 1. The molecule has 0 bridgehead atoms. The number of amides is 1. The Balaban J connectivity index is 0.000000312. The number of aryl methyl sites for hydroxylation is 1. The molecule has 0 aliphatic rings. The summed E-state index contributed by atoms with van der Waals surface area (Å²) in [5, 5.41) is 0.985. The van der Waals surface area contributed by atoms with Crippen molar-refractivity contribution < 1.29 is 4.79 Å². The van der Waals surface area contributed by atoms with Gasteiger partial charge in [0.1, 0.15) is 5.69 Å². The number of nitrogens with two attached hydrogens (primary N) is 1. The van der Waals surface area contributed by atoms with Crippen LogP contribution in [0.3, 0.4) is 0 Å². The third-order valence-electron chi connectivity index (χ3n) is 2.84. The normalized spacial score (nSPS) is 10.1. The standard InChI is InChI=1S/C10H9BrN2O.C5H12/c1-5-2-3-7-6(4-5)8(11)9(13-7)10(12)14;1-3-5-4-2/h2-4,13H,1H3,(H2,12,14);3-5H2,1-2H3. The number of carbonyl (C=O) groups is 1. The van der Waals surface area contributed by atoms with Gasteiger partial charge >= 0.3 is 0 Å². The molecule has 0 spiro atoms. The molecule has 19 heavy (non-hydrogen) atoms. The quantitative estimate of drug-likeness (QED) is 0.855. The van der Waals surface area contributed by atoms with Crippen molar-refractivity contribution in [2.45, 2.75) is 40.0 Å². The van der Waals surface area contributed by atoms with Crippen molar-refractivity contribution in [1.82, 2.24) is 4.98 Å². The van der Waals surface area contributed by atoms with Crippen LogP contribution in [-0.2, 0) is 0 Å². The largest absolute Gasteiger partial charge is 0.364 e. The minimum absolute atomic E-state index is 0.422. The first-order valence-corrected chi connectivity index (χ1v) is 7.38. The lowest BCUT2D eigenvalue weighted by atomic mass is 10.2. The van der Waals surface area contributed by atoms with Crippen LogP contribution in [0.4, 0.5) is 0 Å². The number of aromatic amines is 1. The molecule has 1 amide bonds. The van der Waals surface area contributed by atoms with Gasteiger partial charge in [-0.05, 0) is 35.0 Å². The van der Waals surface area contributed by atoms with Crippen molar-refractivity contribution in [2.24, 2.45) is 5.73 Å². The smallest absolute Gasteiger partial charge is 0.266 e. The van der Waals surface area contributed by atoms with E-state index in [2.05, 4.69) is 34.8 Å². The molecule has 0 aliphatic heterocycles. The van der Waals surface area contributed by atoms with Crippen molar-refractivity contribution >= 4 is 32.7 Å². The van der Waals surface area contributed by atoms with E-state index in [0.717, 1.165) is 20.9 Å². The lowest BCUT2D eigenvalue weighted by Gasteiger charge is -1.92. The molecule has 0 unspecified atom stereocenters.